The SMILES string of the molecule is Cc1oncc1C(=O)Nc1cnc(N2CCN(c3ccccn3)CC2)nc1. The van der Waals surface area contributed by atoms with E-state index < -0.39 is 0 Å². The normalized spacial score (nSPS) is 14.3. The highest BCUT2D eigenvalue weighted by atomic mass is 16.5. The zero-order chi connectivity index (χ0) is 18.6. The van der Waals surface area contributed by atoms with E-state index in [9.17, 15) is 4.79 Å². The molecule has 0 radical (unpaired) electrons. The number of rotatable bonds is 4. The summed E-state index contributed by atoms with van der Waals surface area (Å²) in [4.78, 5) is 29.7. The number of anilines is 3. The van der Waals surface area contributed by atoms with E-state index >= 15 is 0 Å². The summed E-state index contributed by atoms with van der Waals surface area (Å²) < 4.78 is 4.91. The van der Waals surface area contributed by atoms with Crippen molar-refractivity contribution < 1.29 is 9.32 Å². The Bertz CT molecular complexity index is 903. The lowest BCUT2D eigenvalue weighted by Gasteiger charge is -2.35. The second kappa shape index (κ2) is 7.40. The van der Waals surface area contributed by atoms with Crippen molar-refractivity contribution in [3.8, 4) is 0 Å². The standard InChI is InChI=1S/C18H19N7O2/c1-13-15(12-22-27-13)17(26)23-14-10-20-18(21-11-14)25-8-6-24(7-9-25)16-4-2-3-5-19-16/h2-5,10-12H,6-9H2,1H3,(H,23,26). The summed E-state index contributed by atoms with van der Waals surface area (Å²) in [6, 6.07) is 5.92. The third-order valence-corrected chi connectivity index (χ3v) is 4.43. The number of carbonyl (C=O) groups is 1. The van der Waals surface area contributed by atoms with Gasteiger partial charge >= 0.3 is 0 Å². The van der Waals surface area contributed by atoms with Gasteiger partial charge in [-0.2, -0.15) is 0 Å². The van der Waals surface area contributed by atoms with Gasteiger partial charge in [-0.25, -0.2) is 15.0 Å². The Hall–Kier alpha value is -3.49. The van der Waals surface area contributed by atoms with Crippen LogP contribution in [0.15, 0.2) is 47.5 Å². The van der Waals surface area contributed by atoms with Crippen LogP contribution in [0.2, 0.25) is 0 Å². The number of nitrogens with zero attached hydrogens (tertiary/aromatic N) is 6. The summed E-state index contributed by atoms with van der Waals surface area (Å²) in [7, 11) is 0. The van der Waals surface area contributed by atoms with Crippen LogP contribution < -0.4 is 15.1 Å². The molecule has 0 aliphatic carbocycles. The first-order valence-electron chi connectivity index (χ1n) is 8.66. The predicted octanol–water partition coefficient (Wildman–Crippen LogP) is 1.75. The van der Waals surface area contributed by atoms with Gasteiger partial charge in [0.25, 0.3) is 5.91 Å². The highest BCUT2D eigenvalue weighted by Crippen LogP contribution is 2.17. The van der Waals surface area contributed by atoms with E-state index in [0.717, 1.165) is 32.0 Å². The molecule has 1 aliphatic rings. The van der Waals surface area contributed by atoms with Gasteiger partial charge in [0.2, 0.25) is 5.95 Å². The van der Waals surface area contributed by atoms with Gasteiger partial charge in [0.05, 0.1) is 24.3 Å². The molecule has 0 aromatic carbocycles. The third-order valence-electron chi connectivity index (χ3n) is 4.43. The number of hydrogen-bond donors (Lipinski definition) is 1. The van der Waals surface area contributed by atoms with Crippen molar-refractivity contribution >= 4 is 23.4 Å². The second-order valence-electron chi connectivity index (χ2n) is 6.18. The molecule has 1 N–H and O–H groups in total. The number of piperazine rings is 1. The lowest BCUT2D eigenvalue weighted by Crippen LogP contribution is -2.47. The predicted molar refractivity (Wildman–Crippen MR) is 99.9 cm³/mol. The lowest BCUT2D eigenvalue weighted by atomic mass is 10.2. The molecule has 138 valence electrons. The van der Waals surface area contributed by atoms with Gasteiger partial charge in [0.15, 0.2) is 0 Å². The molecule has 9 heteroatoms. The molecule has 0 atom stereocenters. The van der Waals surface area contributed by atoms with E-state index in [1.807, 2.05) is 18.2 Å². The monoisotopic (exact) mass is 365 g/mol. The Labute approximate surface area is 156 Å². The molecule has 1 saturated heterocycles. The molecule has 4 rings (SSSR count). The van der Waals surface area contributed by atoms with Crippen molar-refractivity contribution in [1.29, 1.82) is 0 Å². The van der Waals surface area contributed by atoms with Crippen LogP contribution in [-0.2, 0) is 0 Å². The Morgan fingerprint density at radius 1 is 1.04 bits per heavy atom. The smallest absolute Gasteiger partial charge is 0.260 e. The van der Waals surface area contributed by atoms with Crippen molar-refractivity contribution in [2.75, 3.05) is 41.3 Å². The minimum atomic E-state index is -0.297. The van der Waals surface area contributed by atoms with Crippen molar-refractivity contribution in [2.24, 2.45) is 0 Å². The molecule has 27 heavy (non-hydrogen) atoms. The van der Waals surface area contributed by atoms with Gasteiger partial charge in [-0.1, -0.05) is 11.2 Å². The van der Waals surface area contributed by atoms with Crippen LogP contribution in [0.25, 0.3) is 0 Å². The third kappa shape index (κ3) is 3.71. The molecular formula is C18H19N7O2. The average molecular weight is 365 g/mol. The van der Waals surface area contributed by atoms with Gasteiger partial charge in [-0.05, 0) is 19.1 Å². The molecule has 3 aromatic heterocycles. The molecule has 3 aromatic rings. The first kappa shape index (κ1) is 17.0. The van der Waals surface area contributed by atoms with Crippen LogP contribution in [0.4, 0.5) is 17.5 Å². The highest BCUT2D eigenvalue weighted by Gasteiger charge is 2.20. The van der Waals surface area contributed by atoms with Gasteiger partial charge in [-0.15, -0.1) is 0 Å². The molecule has 0 saturated carbocycles. The van der Waals surface area contributed by atoms with Crippen LogP contribution in [0.3, 0.4) is 0 Å². The Kier molecular flexibility index (Phi) is 4.65. The fourth-order valence-corrected chi connectivity index (χ4v) is 2.94. The number of nitrogens with one attached hydrogen (secondary N) is 1. The van der Waals surface area contributed by atoms with E-state index in [0.29, 0.717) is 23.0 Å². The van der Waals surface area contributed by atoms with Crippen LogP contribution in [0.1, 0.15) is 16.1 Å². The number of aromatic nitrogens is 4. The van der Waals surface area contributed by atoms with Crippen molar-refractivity contribution in [2.45, 2.75) is 6.92 Å². The minimum absolute atomic E-state index is 0.297. The summed E-state index contributed by atoms with van der Waals surface area (Å²) in [5.41, 5.74) is 0.918. The van der Waals surface area contributed by atoms with Crippen molar-refractivity contribution in [3.63, 3.8) is 0 Å². The zero-order valence-electron chi connectivity index (χ0n) is 14.9. The molecule has 1 fully saturated rings. The summed E-state index contributed by atoms with van der Waals surface area (Å²) in [5, 5.41) is 6.35. The van der Waals surface area contributed by atoms with Gasteiger partial charge in [-0.3, -0.25) is 4.79 Å². The van der Waals surface area contributed by atoms with E-state index in [1.54, 1.807) is 25.5 Å². The van der Waals surface area contributed by atoms with Gasteiger partial charge in [0, 0.05) is 32.4 Å². The first-order chi connectivity index (χ1) is 13.2. The van der Waals surface area contributed by atoms with E-state index in [2.05, 4.69) is 35.2 Å². The van der Waals surface area contributed by atoms with Crippen molar-refractivity contribution in [1.82, 2.24) is 20.1 Å². The van der Waals surface area contributed by atoms with Crippen molar-refractivity contribution in [3.05, 3.63) is 54.3 Å². The number of hydrogen-bond acceptors (Lipinski definition) is 8. The Balaban J connectivity index is 1.36. The average Bonchev–Trinajstić information content (AvgIpc) is 3.15. The zero-order valence-corrected chi connectivity index (χ0v) is 14.9. The number of pyridine rings is 1. The van der Waals surface area contributed by atoms with Crippen LogP contribution in [0, 0.1) is 6.92 Å². The van der Waals surface area contributed by atoms with Gasteiger partial charge in [0.1, 0.15) is 17.1 Å². The molecule has 0 spiro atoms. The van der Waals surface area contributed by atoms with E-state index in [1.165, 1.54) is 6.20 Å². The molecule has 4 heterocycles. The maximum absolute atomic E-state index is 12.2. The maximum atomic E-state index is 12.2. The Morgan fingerprint density at radius 3 is 2.41 bits per heavy atom. The molecule has 0 bridgehead atoms. The Morgan fingerprint density at radius 2 is 1.78 bits per heavy atom. The second-order valence-corrected chi connectivity index (χ2v) is 6.18. The molecular weight excluding hydrogens is 346 g/mol. The minimum Gasteiger partial charge on any atom is -0.361 e. The topological polar surface area (TPSA) is 100 Å². The summed E-state index contributed by atoms with van der Waals surface area (Å²) in [5.74, 6) is 1.81. The number of carbonyl (C=O) groups excluding carboxylic acids is 1. The van der Waals surface area contributed by atoms with E-state index in [-0.39, 0.29) is 5.91 Å². The molecule has 0 unspecified atom stereocenters. The summed E-state index contributed by atoms with van der Waals surface area (Å²) in [6.45, 7) is 5.01. The first-order valence-corrected chi connectivity index (χ1v) is 8.66. The lowest BCUT2D eigenvalue weighted by molar-refractivity contribution is 0.102. The van der Waals surface area contributed by atoms with Crippen LogP contribution in [-0.4, -0.2) is 52.2 Å². The van der Waals surface area contributed by atoms with Gasteiger partial charge < -0.3 is 19.6 Å². The largest absolute Gasteiger partial charge is 0.361 e. The quantitative estimate of drug-likeness (QED) is 0.746. The fourth-order valence-electron chi connectivity index (χ4n) is 2.94. The number of aryl methyl sites for hydroxylation is 1. The maximum Gasteiger partial charge on any atom is 0.260 e. The molecule has 9 nitrogen and oxygen atoms in total. The molecule has 1 amide bonds. The fraction of sp³-hybridized carbons (Fsp3) is 0.278. The van der Waals surface area contributed by atoms with Crippen LogP contribution >= 0.6 is 0 Å². The summed E-state index contributed by atoms with van der Waals surface area (Å²) >= 11 is 0. The number of amides is 1. The highest BCUT2D eigenvalue weighted by molar-refractivity contribution is 6.04. The van der Waals surface area contributed by atoms with E-state index in [4.69, 9.17) is 4.52 Å². The summed E-state index contributed by atoms with van der Waals surface area (Å²) in [6.07, 6.45) is 6.41. The van der Waals surface area contributed by atoms with Crippen LogP contribution in [0.5, 0.6) is 0 Å². The molecule has 1 aliphatic heterocycles.